The van der Waals surface area contributed by atoms with Gasteiger partial charge in [0.05, 0.1) is 5.02 Å². The molecule has 1 unspecified atom stereocenters. The fraction of sp³-hybridized carbons (Fsp3) is 0.0526. The first-order valence-corrected chi connectivity index (χ1v) is 7.84. The van der Waals surface area contributed by atoms with Gasteiger partial charge >= 0.3 is 5.97 Å². The Balaban J connectivity index is 1.82. The standard InChI is InChI=1S/C19H14ClNO4/c20-14-9-5-4-8-13(14)15-10-11-16(24-15)19(23)25-17(18(21)22)12-6-2-1-3-7-12/h1-11,17H,(H2,21,22). The molecule has 0 saturated carbocycles. The molecule has 0 saturated heterocycles. The van der Waals surface area contributed by atoms with Gasteiger partial charge in [-0.25, -0.2) is 4.79 Å². The number of ether oxygens (including phenoxy) is 1. The molecule has 0 spiro atoms. The summed E-state index contributed by atoms with van der Waals surface area (Å²) in [5.74, 6) is -1.17. The summed E-state index contributed by atoms with van der Waals surface area (Å²) >= 11 is 6.12. The summed E-state index contributed by atoms with van der Waals surface area (Å²) in [5, 5.41) is 0.496. The van der Waals surface area contributed by atoms with Gasteiger partial charge in [0.2, 0.25) is 11.9 Å². The Morgan fingerprint density at radius 1 is 0.960 bits per heavy atom. The number of halogens is 1. The molecule has 6 heteroatoms. The molecule has 2 aromatic carbocycles. The molecule has 0 aliphatic rings. The van der Waals surface area contributed by atoms with E-state index in [9.17, 15) is 9.59 Å². The lowest BCUT2D eigenvalue weighted by Crippen LogP contribution is -2.26. The summed E-state index contributed by atoms with van der Waals surface area (Å²) in [5.41, 5.74) is 6.48. The molecule has 1 atom stereocenters. The highest BCUT2D eigenvalue weighted by Gasteiger charge is 2.25. The van der Waals surface area contributed by atoms with Crippen LogP contribution in [0.25, 0.3) is 11.3 Å². The van der Waals surface area contributed by atoms with Crippen molar-refractivity contribution in [2.75, 3.05) is 0 Å². The van der Waals surface area contributed by atoms with Crippen molar-refractivity contribution in [3.8, 4) is 11.3 Å². The number of furan rings is 1. The number of esters is 1. The number of hydrogen-bond donors (Lipinski definition) is 1. The van der Waals surface area contributed by atoms with Gasteiger partial charge in [-0.1, -0.05) is 54.1 Å². The number of rotatable bonds is 5. The average molecular weight is 356 g/mol. The number of primary amides is 1. The van der Waals surface area contributed by atoms with Crippen molar-refractivity contribution in [1.82, 2.24) is 0 Å². The molecule has 126 valence electrons. The highest BCUT2D eigenvalue weighted by atomic mass is 35.5. The molecule has 0 bridgehead atoms. The second-order valence-corrected chi connectivity index (χ2v) is 5.65. The van der Waals surface area contributed by atoms with Crippen LogP contribution in [-0.2, 0) is 9.53 Å². The van der Waals surface area contributed by atoms with Gasteiger partial charge in [0.1, 0.15) is 5.76 Å². The zero-order valence-corrected chi connectivity index (χ0v) is 13.8. The third-order valence-corrected chi connectivity index (χ3v) is 3.86. The van der Waals surface area contributed by atoms with Gasteiger partial charge in [0.25, 0.3) is 5.91 Å². The van der Waals surface area contributed by atoms with Crippen LogP contribution < -0.4 is 5.73 Å². The van der Waals surface area contributed by atoms with Gasteiger partial charge in [-0.15, -0.1) is 0 Å². The van der Waals surface area contributed by atoms with Gasteiger partial charge in [-0.3, -0.25) is 4.79 Å². The minimum atomic E-state index is -1.19. The summed E-state index contributed by atoms with van der Waals surface area (Å²) in [6.45, 7) is 0. The molecular formula is C19H14ClNO4. The number of carbonyl (C=O) groups is 2. The van der Waals surface area contributed by atoms with Crippen molar-refractivity contribution >= 4 is 23.5 Å². The highest BCUT2D eigenvalue weighted by molar-refractivity contribution is 6.33. The minimum Gasteiger partial charge on any atom is -0.449 e. The number of nitrogens with two attached hydrogens (primary N) is 1. The molecule has 0 aliphatic heterocycles. The van der Waals surface area contributed by atoms with E-state index in [0.29, 0.717) is 21.9 Å². The van der Waals surface area contributed by atoms with Crippen LogP contribution in [0.2, 0.25) is 5.02 Å². The van der Waals surface area contributed by atoms with Crippen molar-refractivity contribution in [2.24, 2.45) is 5.73 Å². The smallest absolute Gasteiger partial charge is 0.375 e. The summed E-state index contributed by atoms with van der Waals surface area (Å²) in [7, 11) is 0. The van der Waals surface area contributed by atoms with Crippen LogP contribution in [0.3, 0.4) is 0 Å². The third kappa shape index (κ3) is 3.72. The van der Waals surface area contributed by atoms with Crippen LogP contribution in [0.1, 0.15) is 22.2 Å². The normalized spacial score (nSPS) is 11.7. The molecule has 0 radical (unpaired) electrons. The molecule has 0 fully saturated rings. The van der Waals surface area contributed by atoms with Crippen LogP contribution >= 0.6 is 11.6 Å². The summed E-state index contributed by atoms with van der Waals surface area (Å²) in [6, 6.07) is 18.7. The van der Waals surface area contributed by atoms with E-state index in [1.54, 1.807) is 60.7 Å². The van der Waals surface area contributed by atoms with Crippen molar-refractivity contribution in [2.45, 2.75) is 6.10 Å². The fourth-order valence-electron chi connectivity index (χ4n) is 2.34. The molecule has 3 rings (SSSR count). The molecule has 0 aliphatic carbocycles. The SMILES string of the molecule is NC(=O)C(OC(=O)c1ccc(-c2ccccc2Cl)o1)c1ccccc1. The minimum absolute atomic E-state index is 0.0444. The predicted molar refractivity (Wildman–Crippen MR) is 92.9 cm³/mol. The van der Waals surface area contributed by atoms with Gasteiger partial charge in [-0.05, 0) is 24.3 Å². The second-order valence-electron chi connectivity index (χ2n) is 5.24. The molecule has 1 heterocycles. The number of carbonyl (C=O) groups excluding carboxylic acids is 2. The van der Waals surface area contributed by atoms with Gasteiger partial charge in [-0.2, -0.15) is 0 Å². The van der Waals surface area contributed by atoms with Crippen molar-refractivity contribution in [1.29, 1.82) is 0 Å². The first kappa shape index (κ1) is 16.8. The summed E-state index contributed by atoms with van der Waals surface area (Å²) < 4.78 is 10.7. The summed E-state index contributed by atoms with van der Waals surface area (Å²) in [4.78, 5) is 23.9. The topological polar surface area (TPSA) is 82.5 Å². The lowest BCUT2D eigenvalue weighted by Gasteiger charge is -2.14. The van der Waals surface area contributed by atoms with Gasteiger partial charge in [0, 0.05) is 11.1 Å². The maximum atomic E-state index is 12.3. The predicted octanol–water partition coefficient (Wildman–Crippen LogP) is 3.98. The third-order valence-electron chi connectivity index (χ3n) is 3.53. The summed E-state index contributed by atoms with van der Waals surface area (Å²) in [6.07, 6.45) is -1.19. The molecule has 1 aromatic heterocycles. The maximum absolute atomic E-state index is 12.3. The van der Waals surface area contributed by atoms with Crippen LogP contribution in [0, 0.1) is 0 Å². The Morgan fingerprint density at radius 3 is 2.32 bits per heavy atom. The molecule has 1 amide bonds. The van der Waals surface area contributed by atoms with E-state index in [1.807, 2.05) is 0 Å². The Morgan fingerprint density at radius 2 is 1.64 bits per heavy atom. The zero-order chi connectivity index (χ0) is 17.8. The lowest BCUT2D eigenvalue weighted by atomic mass is 10.1. The van der Waals surface area contributed by atoms with Crippen LogP contribution in [0.4, 0.5) is 0 Å². The van der Waals surface area contributed by atoms with E-state index in [2.05, 4.69) is 0 Å². The van der Waals surface area contributed by atoms with E-state index < -0.39 is 18.0 Å². The lowest BCUT2D eigenvalue weighted by molar-refractivity contribution is -0.127. The fourth-order valence-corrected chi connectivity index (χ4v) is 2.57. The van der Waals surface area contributed by atoms with Gasteiger partial charge in [0.15, 0.2) is 0 Å². The highest BCUT2D eigenvalue weighted by Crippen LogP contribution is 2.29. The largest absolute Gasteiger partial charge is 0.449 e. The number of hydrogen-bond acceptors (Lipinski definition) is 4. The Kier molecular flexibility index (Phi) is 4.86. The molecular weight excluding hydrogens is 342 g/mol. The molecule has 25 heavy (non-hydrogen) atoms. The van der Waals surface area contributed by atoms with Crippen molar-refractivity contribution in [3.05, 3.63) is 83.1 Å². The van der Waals surface area contributed by atoms with Crippen molar-refractivity contribution < 1.29 is 18.7 Å². The second kappa shape index (κ2) is 7.23. The Hall–Kier alpha value is -3.05. The molecule has 2 N–H and O–H groups in total. The maximum Gasteiger partial charge on any atom is 0.375 e. The first-order valence-electron chi connectivity index (χ1n) is 7.46. The van der Waals surface area contributed by atoms with E-state index >= 15 is 0 Å². The molecule has 5 nitrogen and oxygen atoms in total. The van der Waals surface area contributed by atoms with E-state index in [1.165, 1.54) is 6.07 Å². The van der Waals surface area contributed by atoms with E-state index in [0.717, 1.165) is 0 Å². The van der Waals surface area contributed by atoms with Crippen molar-refractivity contribution in [3.63, 3.8) is 0 Å². The number of amides is 1. The Bertz CT molecular complexity index is 905. The average Bonchev–Trinajstić information content (AvgIpc) is 3.10. The van der Waals surface area contributed by atoms with Gasteiger partial charge < -0.3 is 14.9 Å². The van der Waals surface area contributed by atoms with E-state index in [-0.39, 0.29) is 5.76 Å². The number of benzene rings is 2. The Labute approximate surface area is 149 Å². The first-order chi connectivity index (χ1) is 12.1. The molecule has 3 aromatic rings. The van der Waals surface area contributed by atoms with Crippen LogP contribution in [0.15, 0.2) is 71.1 Å². The zero-order valence-electron chi connectivity index (χ0n) is 13.0. The van der Waals surface area contributed by atoms with Crippen LogP contribution in [0.5, 0.6) is 0 Å². The van der Waals surface area contributed by atoms with Crippen LogP contribution in [-0.4, -0.2) is 11.9 Å². The monoisotopic (exact) mass is 355 g/mol. The quantitative estimate of drug-likeness (QED) is 0.701. The van der Waals surface area contributed by atoms with E-state index in [4.69, 9.17) is 26.5 Å².